The van der Waals surface area contributed by atoms with Gasteiger partial charge in [0.25, 0.3) is 0 Å². The Kier molecular flexibility index (Phi) is 4.29. The maximum Gasteiger partial charge on any atom is 0.240 e. The van der Waals surface area contributed by atoms with Crippen molar-refractivity contribution in [1.29, 1.82) is 0 Å². The first-order valence-electron chi connectivity index (χ1n) is 6.02. The number of hydrogen-bond acceptors (Lipinski definition) is 4. The predicted octanol–water partition coefficient (Wildman–Crippen LogP) is 4.04. The Balaban J connectivity index is 2.22. The van der Waals surface area contributed by atoms with Gasteiger partial charge in [-0.1, -0.05) is 11.6 Å². The molecule has 0 amide bonds. The molecule has 2 aromatic rings. The van der Waals surface area contributed by atoms with E-state index in [2.05, 4.69) is 4.98 Å². The van der Waals surface area contributed by atoms with Crippen LogP contribution in [-0.2, 0) is 0 Å². The minimum absolute atomic E-state index is 0.0337. The Bertz CT molecular complexity index is 620. The fourth-order valence-corrected chi connectivity index (χ4v) is 1.59. The van der Waals surface area contributed by atoms with Crippen LogP contribution in [0.3, 0.4) is 0 Å². The third-order valence-electron chi connectivity index (χ3n) is 2.32. The Morgan fingerprint density at radius 2 is 2.00 bits per heavy atom. The van der Waals surface area contributed by atoms with Crippen molar-refractivity contribution in [2.75, 3.05) is 5.73 Å². The lowest BCUT2D eigenvalue weighted by Gasteiger charge is -2.12. The van der Waals surface area contributed by atoms with E-state index in [0.717, 1.165) is 0 Å². The molecule has 0 saturated heterocycles. The lowest BCUT2D eigenvalue weighted by Crippen LogP contribution is -2.09. The highest BCUT2D eigenvalue weighted by molar-refractivity contribution is 6.30. The van der Waals surface area contributed by atoms with Gasteiger partial charge in [-0.05, 0) is 32.0 Å². The Morgan fingerprint density at radius 1 is 1.25 bits per heavy atom. The van der Waals surface area contributed by atoms with Crippen LogP contribution in [-0.4, -0.2) is 11.1 Å². The number of nitrogens with zero attached hydrogens (tertiary/aromatic N) is 1. The molecule has 0 fully saturated rings. The van der Waals surface area contributed by atoms with Gasteiger partial charge in [-0.2, -0.15) is 4.98 Å². The number of halogens is 2. The fraction of sp³-hybridized carbons (Fsp3) is 0.214. The molecule has 0 spiro atoms. The van der Waals surface area contributed by atoms with Crippen molar-refractivity contribution in [3.8, 4) is 17.5 Å². The van der Waals surface area contributed by atoms with Gasteiger partial charge in [0.05, 0.1) is 16.8 Å². The third-order valence-corrected chi connectivity index (χ3v) is 2.63. The quantitative estimate of drug-likeness (QED) is 0.925. The third kappa shape index (κ3) is 3.51. The molecule has 0 aliphatic rings. The Labute approximate surface area is 121 Å². The SMILES string of the molecule is CC(C)Oc1nc(Oc2ccc(Cl)c(F)c2)ccc1N. The molecule has 1 heterocycles. The molecular weight excluding hydrogens is 283 g/mol. The highest BCUT2D eigenvalue weighted by atomic mass is 35.5. The number of pyridine rings is 1. The average Bonchev–Trinajstić information content (AvgIpc) is 2.37. The Hall–Kier alpha value is -2.01. The standard InChI is InChI=1S/C14H14ClFN2O2/c1-8(2)19-14-12(17)5-6-13(18-14)20-9-3-4-10(15)11(16)7-9/h3-8H,17H2,1-2H3. The summed E-state index contributed by atoms with van der Waals surface area (Å²) in [5.74, 6) is 0.279. The van der Waals surface area contributed by atoms with E-state index < -0.39 is 5.82 Å². The molecule has 106 valence electrons. The number of nitrogen functional groups attached to an aromatic ring is 1. The molecule has 4 nitrogen and oxygen atoms in total. The van der Waals surface area contributed by atoms with Crippen LogP contribution in [0.5, 0.6) is 17.5 Å². The van der Waals surface area contributed by atoms with Crippen LogP contribution >= 0.6 is 11.6 Å². The second kappa shape index (κ2) is 5.96. The van der Waals surface area contributed by atoms with Crippen molar-refractivity contribution < 1.29 is 13.9 Å². The minimum Gasteiger partial charge on any atom is -0.473 e. The van der Waals surface area contributed by atoms with Crippen molar-refractivity contribution in [2.24, 2.45) is 0 Å². The first-order chi connectivity index (χ1) is 9.45. The molecule has 0 aliphatic carbocycles. The number of ether oxygens (including phenoxy) is 2. The van der Waals surface area contributed by atoms with Crippen LogP contribution < -0.4 is 15.2 Å². The van der Waals surface area contributed by atoms with E-state index in [1.54, 1.807) is 18.2 Å². The summed E-state index contributed by atoms with van der Waals surface area (Å²) in [6.45, 7) is 3.73. The number of benzene rings is 1. The van der Waals surface area contributed by atoms with Crippen LogP contribution in [0.2, 0.25) is 5.02 Å². The van der Waals surface area contributed by atoms with Crippen molar-refractivity contribution in [2.45, 2.75) is 20.0 Å². The van der Waals surface area contributed by atoms with E-state index in [1.165, 1.54) is 12.1 Å². The van der Waals surface area contributed by atoms with Crippen LogP contribution in [0.25, 0.3) is 0 Å². The van der Waals surface area contributed by atoms with Crippen molar-refractivity contribution >= 4 is 17.3 Å². The van der Waals surface area contributed by atoms with E-state index in [0.29, 0.717) is 11.4 Å². The summed E-state index contributed by atoms with van der Waals surface area (Å²) in [6.07, 6.45) is -0.0620. The topological polar surface area (TPSA) is 57.4 Å². The molecular formula is C14H14ClFN2O2. The summed E-state index contributed by atoms with van der Waals surface area (Å²) in [7, 11) is 0. The zero-order chi connectivity index (χ0) is 14.7. The number of hydrogen-bond donors (Lipinski definition) is 1. The highest BCUT2D eigenvalue weighted by Gasteiger charge is 2.09. The molecule has 1 aromatic heterocycles. The van der Waals surface area contributed by atoms with Gasteiger partial charge in [-0.15, -0.1) is 0 Å². The normalized spacial score (nSPS) is 10.7. The van der Waals surface area contributed by atoms with Crippen molar-refractivity contribution in [3.05, 3.63) is 41.2 Å². The van der Waals surface area contributed by atoms with E-state index in [1.807, 2.05) is 13.8 Å². The van der Waals surface area contributed by atoms with Gasteiger partial charge in [0.2, 0.25) is 11.8 Å². The molecule has 6 heteroatoms. The Morgan fingerprint density at radius 3 is 2.65 bits per heavy atom. The molecule has 0 radical (unpaired) electrons. The van der Waals surface area contributed by atoms with E-state index in [9.17, 15) is 4.39 Å². The zero-order valence-electron chi connectivity index (χ0n) is 11.1. The van der Waals surface area contributed by atoms with Crippen LogP contribution in [0.1, 0.15) is 13.8 Å². The first-order valence-corrected chi connectivity index (χ1v) is 6.39. The van der Waals surface area contributed by atoms with Gasteiger partial charge in [-0.25, -0.2) is 4.39 Å². The van der Waals surface area contributed by atoms with E-state index in [-0.39, 0.29) is 22.9 Å². The van der Waals surface area contributed by atoms with Gasteiger partial charge in [0.1, 0.15) is 11.6 Å². The largest absolute Gasteiger partial charge is 0.473 e. The number of nitrogens with two attached hydrogens (primary N) is 1. The average molecular weight is 297 g/mol. The predicted molar refractivity (Wildman–Crippen MR) is 75.9 cm³/mol. The zero-order valence-corrected chi connectivity index (χ0v) is 11.8. The van der Waals surface area contributed by atoms with E-state index >= 15 is 0 Å². The monoisotopic (exact) mass is 296 g/mol. The summed E-state index contributed by atoms with van der Waals surface area (Å²) in [5, 5.41) is 0.0337. The molecule has 0 saturated carbocycles. The highest BCUT2D eigenvalue weighted by Crippen LogP contribution is 2.28. The second-order valence-corrected chi connectivity index (χ2v) is 4.80. The maximum absolute atomic E-state index is 13.3. The van der Waals surface area contributed by atoms with Crippen molar-refractivity contribution in [3.63, 3.8) is 0 Å². The molecule has 0 unspecified atom stereocenters. The van der Waals surface area contributed by atoms with Gasteiger partial charge in [0.15, 0.2) is 0 Å². The lowest BCUT2D eigenvalue weighted by molar-refractivity contribution is 0.232. The fourth-order valence-electron chi connectivity index (χ4n) is 1.47. The smallest absolute Gasteiger partial charge is 0.240 e. The molecule has 0 atom stereocenters. The molecule has 0 bridgehead atoms. The molecule has 2 N–H and O–H groups in total. The second-order valence-electron chi connectivity index (χ2n) is 4.39. The van der Waals surface area contributed by atoms with Gasteiger partial charge in [0, 0.05) is 12.1 Å². The molecule has 1 aromatic carbocycles. The minimum atomic E-state index is -0.557. The summed E-state index contributed by atoms with van der Waals surface area (Å²) in [6, 6.07) is 7.34. The number of aromatic nitrogens is 1. The summed E-state index contributed by atoms with van der Waals surface area (Å²) < 4.78 is 24.2. The van der Waals surface area contributed by atoms with E-state index in [4.69, 9.17) is 26.8 Å². The van der Waals surface area contributed by atoms with Crippen molar-refractivity contribution in [1.82, 2.24) is 4.98 Å². The summed E-state index contributed by atoms with van der Waals surface area (Å²) in [5.41, 5.74) is 6.17. The lowest BCUT2D eigenvalue weighted by atomic mass is 10.3. The number of anilines is 1. The molecule has 2 rings (SSSR count). The molecule has 0 aliphatic heterocycles. The van der Waals surface area contributed by atoms with Crippen LogP contribution in [0, 0.1) is 5.82 Å². The summed E-state index contributed by atoms with van der Waals surface area (Å²) in [4.78, 5) is 4.13. The molecule has 20 heavy (non-hydrogen) atoms. The van der Waals surface area contributed by atoms with Crippen LogP contribution in [0.4, 0.5) is 10.1 Å². The van der Waals surface area contributed by atoms with Gasteiger partial charge >= 0.3 is 0 Å². The van der Waals surface area contributed by atoms with Crippen LogP contribution in [0.15, 0.2) is 30.3 Å². The number of rotatable bonds is 4. The van der Waals surface area contributed by atoms with Gasteiger partial charge in [-0.3, -0.25) is 0 Å². The van der Waals surface area contributed by atoms with Gasteiger partial charge < -0.3 is 15.2 Å². The first kappa shape index (κ1) is 14.4. The summed E-state index contributed by atoms with van der Waals surface area (Å²) >= 11 is 5.60. The maximum atomic E-state index is 13.3.